The summed E-state index contributed by atoms with van der Waals surface area (Å²) in [4.78, 5) is 0. The summed E-state index contributed by atoms with van der Waals surface area (Å²) in [5, 5.41) is 2.70. The summed E-state index contributed by atoms with van der Waals surface area (Å²) >= 11 is 0. The number of hydrogen-bond acceptors (Lipinski definition) is 1. The van der Waals surface area contributed by atoms with E-state index in [2.05, 4.69) is 73.5 Å². The van der Waals surface area contributed by atoms with Gasteiger partial charge in [-0.05, 0) is 29.6 Å². The summed E-state index contributed by atoms with van der Waals surface area (Å²) in [5.74, 6) is 2.75. The van der Waals surface area contributed by atoms with Gasteiger partial charge in [0.25, 0.3) is 0 Å². The predicted octanol–water partition coefficient (Wildman–Crippen LogP) is 3.90. The molecule has 0 saturated heterocycles. The van der Waals surface area contributed by atoms with Gasteiger partial charge in [0.2, 0.25) is 9.04 Å². The van der Waals surface area contributed by atoms with Crippen molar-refractivity contribution in [1.29, 1.82) is 0 Å². The first kappa shape index (κ1) is 18.5. The fourth-order valence-corrected chi connectivity index (χ4v) is 5.44. The van der Waals surface area contributed by atoms with Gasteiger partial charge < -0.3 is 4.43 Å². The van der Waals surface area contributed by atoms with Crippen molar-refractivity contribution >= 4 is 19.4 Å². The molecule has 1 nitrogen and oxygen atoms in total. The van der Waals surface area contributed by atoms with Gasteiger partial charge in [0, 0.05) is 12.5 Å². The van der Waals surface area contributed by atoms with Gasteiger partial charge in [0.05, 0.1) is 0 Å². The Hall–Kier alpha value is -1.82. The fourth-order valence-electron chi connectivity index (χ4n) is 2.94. The summed E-state index contributed by atoms with van der Waals surface area (Å²) in [6, 6.07) is 21.4. The molecule has 2 aromatic rings. The molecule has 1 unspecified atom stereocenters. The number of hydrogen-bond donors (Lipinski definition) is 0. The third-order valence-corrected chi connectivity index (χ3v) is 6.90. The molecule has 1 atom stereocenters. The minimum atomic E-state index is -1.65. The van der Waals surface area contributed by atoms with Crippen LogP contribution < -0.4 is 10.4 Å². The van der Waals surface area contributed by atoms with Crippen LogP contribution in [0.2, 0.25) is 0 Å². The molecule has 2 heteroatoms. The van der Waals surface area contributed by atoms with Crippen LogP contribution in [0.4, 0.5) is 0 Å². The van der Waals surface area contributed by atoms with Crippen molar-refractivity contribution in [2.24, 2.45) is 0 Å². The summed E-state index contributed by atoms with van der Waals surface area (Å²) in [7, 11) is -1.65. The summed E-state index contributed by atoms with van der Waals surface area (Å²) in [5.41, 5.74) is 0. The average molecular weight is 337 g/mol. The first-order chi connectivity index (χ1) is 11.8. The highest BCUT2D eigenvalue weighted by Gasteiger charge is 2.21. The Balaban J connectivity index is 2.17. The lowest BCUT2D eigenvalue weighted by Crippen LogP contribution is -2.47. The molecule has 0 aliphatic carbocycles. The van der Waals surface area contributed by atoms with Crippen LogP contribution in [0.15, 0.2) is 60.7 Å². The highest BCUT2D eigenvalue weighted by Crippen LogP contribution is 2.14. The lowest BCUT2D eigenvalue weighted by atomic mass is 10.1. The number of terminal acetylenes is 1. The molecule has 2 rings (SSSR count). The van der Waals surface area contributed by atoms with Gasteiger partial charge in [-0.1, -0.05) is 80.4 Å². The van der Waals surface area contributed by atoms with E-state index in [9.17, 15) is 0 Å². The Labute approximate surface area is 148 Å². The van der Waals surface area contributed by atoms with E-state index >= 15 is 0 Å². The Kier molecular flexibility index (Phi) is 8.38. The molecule has 0 saturated carbocycles. The third-order valence-electron chi connectivity index (χ3n) is 4.26. The van der Waals surface area contributed by atoms with E-state index < -0.39 is 9.04 Å². The number of unbranched alkanes of at least 4 members (excludes halogenated alkanes) is 2. The SMILES string of the molecule is C#CCCCC(CCCC)O[SiH](c1ccccc1)c1ccccc1. The highest BCUT2D eigenvalue weighted by molar-refractivity contribution is 6.80. The average Bonchev–Trinajstić information content (AvgIpc) is 2.65. The Morgan fingerprint density at radius 3 is 1.96 bits per heavy atom. The minimum Gasteiger partial charge on any atom is -0.408 e. The van der Waals surface area contributed by atoms with Gasteiger partial charge in [0.15, 0.2) is 0 Å². The molecule has 0 N–H and O–H groups in total. The zero-order valence-electron chi connectivity index (χ0n) is 14.7. The van der Waals surface area contributed by atoms with E-state index in [-0.39, 0.29) is 0 Å². The van der Waals surface area contributed by atoms with Crippen molar-refractivity contribution in [2.75, 3.05) is 0 Å². The van der Waals surface area contributed by atoms with Crippen LogP contribution in [0.25, 0.3) is 0 Å². The standard InChI is InChI=1S/C22H28OSi/c1-3-5-9-15-20(14-6-4-2)23-24(21-16-10-7-11-17-21)22-18-12-8-13-19-22/h1,7-8,10-13,16-20,24H,4-6,9,14-15H2,2H3. The number of rotatable bonds is 10. The first-order valence-corrected chi connectivity index (χ1v) is 10.7. The van der Waals surface area contributed by atoms with Crippen LogP contribution in [0.5, 0.6) is 0 Å². The molecule has 0 spiro atoms. The molecule has 2 aromatic carbocycles. The molecular formula is C22H28OSi. The van der Waals surface area contributed by atoms with Gasteiger partial charge in [0.1, 0.15) is 0 Å². The van der Waals surface area contributed by atoms with Crippen LogP contribution in [-0.4, -0.2) is 15.1 Å². The molecule has 0 aliphatic rings. The second-order valence-corrected chi connectivity index (χ2v) is 8.56. The second kappa shape index (κ2) is 10.9. The molecule has 0 amide bonds. The van der Waals surface area contributed by atoms with Crippen LogP contribution >= 0.6 is 0 Å². The molecular weight excluding hydrogens is 308 g/mol. The van der Waals surface area contributed by atoms with E-state index in [1.165, 1.54) is 23.2 Å². The molecule has 0 aromatic heterocycles. The summed E-state index contributed by atoms with van der Waals surface area (Å²) in [6.45, 7) is 2.24. The third kappa shape index (κ3) is 6.00. The van der Waals surface area contributed by atoms with Crippen molar-refractivity contribution in [3.63, 3.8) is 0 Å². The van der Waals surface area contributed by atoms with E-state index in [0.717, 1.165) is 25.7 Å². The van der Waals surface area contributed by atoms with E-state index in [0.29, 0.717) is 6.10 Å². The maximum atomic E-state index is 6.74. The van der Waals surface area contributed by atoms with Crippen LogP contribution in [0.1, 0.15) is 45.4 Å². The molecule has 0 aliphatic heterocycles. The highest BCUT2D eigenvalue weighted by atomic mass is 28.3. The molecule has 0 heterocycles. The maximum Gasteiger partial charge on any atom is 0.240 e. The van der Waals surface area contributed by atoms with Crippen LogP contribution in [0.3, 0.4) is 0 Å². The molecule has 24 heavy (non-hydrogen) atoms. The molecule has 0 bridgehead atoms. The topological polar surface area (TPSA) is 9.23 Å². The van der Waals surface area contributed by atoms with Gasteiger partial charge >= 0.3 is 0 Å². The lowest BCUT2D eigenvalue weighted by molar-refractivity contribution is 0.182. The quantitative estimate of drug-likeness (QED) is 0.363. The van der Waals surface area contributed by atoms with Crippen molar-refractivity contribution in [3.05, 3.63) is 60.7 Å². The largest absolute Gasteiger partial charge is 0.408 e. The number of benzene rings is 2. The monoisotopic (exact) mass is 336 g/mol. The first-order valence-electron chi connectivity index (χ1n) is 9.04. The Bertz CT molecular complexity index is 563. The second-order valence-electron chi connectivity index (χ2n) is 6.20. The zero-order chi connectivity index (χ0) is 17.0. The smallest absolute Gasteiger partial charge is 0.240 e. The minimum absolute atomic E-state index is 0.315. The van der Waals surface area contributed by atoms with Gasteiger partial charge in [-0.2, -0.15) is 0 Å². The van der Waals surface area contributed by atoms with Crippen LogP contribution in [0, 0.1) is 12.3 Å². The molecule has 0 fully saturated rings. The van der Waals surface area contributed by atoms with Crippen molar-refractivity contribution < 1.29 is 4.43 Å². The van der Waals surface area contributed by atoms with Crippen molar-refractivity contribution in [2.45, 2.75) is 51.6 Å². The molecule has 126 valence electrons. The van der Waals surface area contributed by atoms with E-state index in [1.54, 1.807) is 0 Å². The Morgan fingerprint density at radius 2 is 1.46 bits per heavy atom. The maximum absolute atomic E-state index is 6.74. The summed E-state index contributed by atoms with van der Waals surface area (Å²) in [6.07, 6.45) is 12.2. The fraction of sp³-hybridized carbons (Fsp3) is 0.364. The van der Waals surface area contributed by atoms with Gasteiger partial charge in [-0.25, -0.2) is 0 Å². The predicted molar refractivity (Wildman–Crippen MR) is 106 cm³/mol. The lowest BCUT2D eigenvalue weighted by Gasteiger charge is -2.25. The van der Waals surface area contributed by atoms with Gasteiger partial charge in [-0.15, -0.1) is 12.3 Å². The molecule has 0 radical (unpaired) electrons. The van der Waals surface area contributed by atoms with Gasteiger partial charge in [-0.3, -0.25) is 0 Å². The Morgan fingerprint density at radius 1 is 0.917 bits per heavy atom. The normalized spacial score (nSPS) is 12.0. The van der Waals surface area contributed by atoms with E-state index in [1.807, 2.05) is 0 Å². The van der Waals surface area contributed by atoms with Crippen molar-refractivity contribution in [1.82, 2.24) is 0 Å². The summed E-state index contributed by atoms with van der Waals surface area (Å²) < 4.78 is 6.74. The van der Waals surface area contributed by atoms with Crippen LogP contribution in [-0.2, 0) is 4.43 Å². The van der Waals surface area contributed by atoms with Crippen molar-refractivity contribution in [3.8, 4) is 12.3 Å². The zero-order valence-corrected chi connectivity index (χ0v) is 15.8. The van der Waals surface area contributed by atoms with E-state index in [4.69, 9.17) is 10.8 Å².